The van der Waals surface area contributed by atoms with Crippen molar-refractivity contribution in [1.82, 2.24) is 0 Å². The molecule has 0 aliphatic heterocycles. The summed E-state index contributed by atoms with van der Waals surface area (Å²) in [6.07, 6.45) is 0. The molecule has 0 heterocycles. The van der Waals surface area contributed by atoms with Crippen LogP contribution >= 0.6 is 23.5 Å². The first-order valence-corrected chi connectivity index (χ1v) is 10.3. The van der Waals surface area contributed by atoms with E-state index in [4.69, 9.17) is 4.74 Å². The van der Waals surface area contributed by atoms with Gasteiger partial charge in [0.2, 0.25) is 0 Å². The van der Waals surface area contributed by atoms with Gasteiger partial charge >= 0.3 is 0 Å². The number of fused-ring (bicyclic) bond motifs is 1. The summed E-state index contributed by atoms with van der Waals surface area (Å²) in [5.74, 6) is 1.12. The molecule has 3 nitrogen and oxygen atoms in total. The van der Waals surface area contributed by atoms with E-state index in [0.717, 1.165) is 15.5 Å². The number of hydrogen-bond acceptors (Lipinski definition) is 5. The van der Waals surface area contributed by atoms with E-state index in [9.17, 15) is 10.2 Å². The highest BCUT2D eigenvalue weighted by Gasteiger charge is 2.21. The first-order chi connectivity index (χ1) is 13.7. The lowest BCUT2D eigenvalue weighted by Gasteiger charge is -2.16. The van der Waals surface area contributed by atoms with Crippen LogP contribution in [0.4, 0.5) is 0 Å². The largest absolute Gasteiger partial charge is 0.506 e. The van der Waals surface area contributed by atoms with Crippen LogP contribution in [0.5, 0.6) is 17.2 Å². The lowest BCUT2D eigenvalue weighted by atomic mass is 10.1. The summed E-state index contributed by atoms with van der Waals surface area (Å²) in [5, 5.41) is 23.3. The van der Waals surface area contributed by atoms with Gasteiger partial charge in [-0.1, -0.05) is 66.0 Å². The molecule has 0 bridgehead atoms. The predicted octanol–water partition coefficient (Wildman–Crippen LogP) is 6.56. The number of benzene rings is 4. The van der Waals surface area contributed by atoms with Crippen molar-refractivity contribution in [3.05, 3.63) is 78.9 Å². The number of ether oxygens (including phenoxy) is 1. The number of methoxy groups -OCH3 is 1. The van der Waals surface area contributed by atoms with Gasteiger partial charge in [0.25, 0.3) is 0 Å². The van der Waals surface area contributed by atoms with E-state index in [1.807, 2.05) is 78.9 Å². The Morgan fingerprint density at radius 2 is 1.07 bits per heavy atom. The van der Waals surface area contributed by atoms with Crippen molar-refractivity contribution in [2.24, 2.45) is 0 Å². The molecule has 4 aromatic carbocycles. The van der Waals surface area contributed by atoms with E-state index in [-0.39, 0.29) is 11.5 Å². The Labute approximate surface area is 172 Å². The maximum atomic E-state index is 11.0. The van der Waals surface area contributed by atoms with Crippen molar-refractivity contribution in [3.8, 4) is 17.2 Å². The van der Waals surface area contributed by atoms with Gasteiger partial charge in [-0.3, -0.25) is 0 Å². The highest BCUT2D eigenvalue weighted by Crippen LogP contribution is 2.52. The minimum atomic E-state index is 0.174. The molecule has 0 spiro atoms. The fraction of sp³-hybridized carbons (Fsp3) is 0.0435. The van der Waals surface area contributed by atoms with Gasteiger partial charge in [0.05, 0.1) is 16.9 Å². The first-order valence-electron chi connectivity index (χ1n) is 8.69. The highest BCUT2D eigenvalue weighted by molar-refractivity contribution is 8.02. The smallest absolute Gasteiger partial charge is 0.138 e. The summed E-state index contributed by atoms with van der Waals surface area (Å²) in [6, 6.07) is 24.8. The molecule has 4 rings (SSSR count). The van der Waals surface area contributed by atoms with Crippen molar-refractivity contribution in [1.29, 1.82) is 0 Å². The zero-order valence-electron chi connectivity index (χ0n) is 15.1. The second-order valence-corrected chi connectivity index (χ2v) is 8.26. The molecule has 0 saturated carbocycles. The van der Waals surface area contributed by atoms with Crippen molar-refractivity contribution < 1.29 is 14.9 Å². The number of aromatic hydroxyl groups is 2. The van der Waals surface area contributed by atoms with Gasteiger partial charge in [-0.25, -0.2) is 0 Å². The number of phenolic OH excluding ortho intramolecular Hbond substituents is 2. The monoisotopic (exact) mass is 406 g/mol. The third-order valence-corrected chi connectivity index (χ3v) is 6.66. The average Bonchev–Trinajstić information content (AvgIpc) is 2.75. The van der Waals surface area contributed by atoms with Crippen molar-refractivity contribution >= 4 is 34.3 Å². The lowest BCUT2D eigenvalue weighted by Crippen LogP contribution is -1.87. The molecule has 0 atom stereocenters. The normalized spacial score (nSPS) is 10.9. The Morgan fingerprint density at radius 1 is 0.607 bits per heavy atom. The van der Waals surface area contributed by atoms with Crippen LogP contribution in [-0.2, 0) is 0 Å². The van der Waals surface area contributed by atoms with E-state index in [2.05, 4.69) is 0 Å². The van der Waals surface area contributed by atoms with Crippen LogP contribution in [0.2, 0.25) is 0 Å². The van der Waals surface area contributed by atoms with Gasteiger partial charge in [-0.15, -0.1) is 0 Å². The quantitative estimate of drug-likeness (QED) is 0.368. The summed E-state index contributed by atoms with van der Waals surface area (Å²) in [4.78, 5) is 3.21. The SMILES string of the molecule is COc1ccc(Sc2c(Sc3ccccc3)c(O)c3ccccc3c2O)cc1. The molecule has 2 N–H and O–H groups in total. The second-order valence-electron chi connectivity index (χ2n) is 6.09. The van der Waals surface area contributed by atoms with Crippen LogP contribution in [0.25, 0.3) is 10.8 Å². The molecule has 0 unspecified atom stereocenters. The molecule has 0 fully saturated rings. The van der Waals surface area contributed by atoms with E-state index < -0.39 is 0 Å². The fourth-order valence-electron chi connectivity index (χ4n) is 2.91. The van der Waals surface area contributed by atoms with E-state index in [0.29, 0.717) is 20.6 Å². The molecule has 0 radical (unpaired) electrons. The standard InChI is InChI=1S/C23H18O3S2/c1-26-15-11-13-17(14-12-15)28-23-21(25)19-10-6-5-9-18(19)20(24)22(23)27-16-7-3-2-4-8-16/h2-14,24-25H,1H3. The third kappa shape index (κ3) is 3.63. The minimum absolute atomic E-state index is 0.174. The van der Waals surface area contributed by atoms with Crippen molar-refractivity contribution in [2.45, 2.75) is 19.6 Å². The molecule has 4 aromatic rings. The molecule has 140 valence electrons. The van der Waals surface area contributed by atoms with E-state index >= 15 is 0 Å². The lowest BCUT2D eigenvalue weighted by molar-refractivity contribution is 0.414. The summed E-state index contributed by atoms with van der Waals surface area (Å²) >= 11 is 2.86. The number of rotatable bonds is 5. The maximum absolute atomic E-state index is 11.0. The summed E-state index contributed by atoms with van der Waals surface area (Å²) in [6.45, 7) is 0. The molecule has 0 amide bonds. The molecular weight excluding hydrogens is 388 g/mol. The first kappa shape index (κ1) is 18.6. The molecular formula is C23H18O3S2. The third-order valence-electron chi connectivity index (χ3n) is 4.32. The Hall–Kier alpha value is -2.76. The Kier molecular flexibility index (Phi) is 5.37. The maximum Gasteiger partial charge on any atom is 0.138 e. The van der Waals surface area contributed by atoms with Gasteiger partial charge in [0.1, 0.15) is 17.2 Å². The van der Waals surface area contributed by atoms with Gasteiger partial charge in [-0.2, -0.15) is 0 Å². The van der Waals surface area contributed by atoms with E-state index in [1.54, 1.807) is 7.11 Å². The van der Waals surface area contributed by atoms with Crippen LogP contribution < -0.4 is 4.74 Å². The summed E-state index contributed by atoms with van der Waals surface area (Å²) in [7, 11) is 1.63. The molecule has 0 aliphatic rings. The van der Waals surface area contributed by atoms with Crippen molar-refractivity contribution in [2.75, 3.05) is 7.11 Å². The van der Waals surface area contributed by atoms with Gasteiger partial charge in [-0.05, 0) is 36.4 Å². The fourth-order valence-corrected chi connectivity index (χ4v) is 4.99. The zero-order valence-corrected chi connectivity index (χ0v) is 16.8. The zero-order chi connectivity index (χ0) is 19.5. The molecule has 5 heteroatoms. The Morgan fingerprint density at radius 3 is 1.57 bits per heavy atom. The molecule has 0 saturated heterocycles. The van der Waals surface area contributed by atoms with Crippen LogP contribution in [0.1, 0.15) is 0 Å². The second kappa shape index (κ2) is 8.09. The average molecular weight is 407 g/mol. The van der Waals surface area contributed by atoms with Crippen molar-refractivity contribution in [3.63, 3.8) is 0 Å². The van der Waals surface area contributed by atoms with Crippen LogP contribution in [-0.4, -0.2) is 17.3 Å². The predicted molar refractivity (Wildman–Crippen MR) is 115 cm³/mol. The Bertz CT molecular complexity index is 1110. The van der Waals surface area contributed by atoms with Gasteiger partial charge in [0.15, 0.2) is 0 Å². The minimum Gasteiger partial charge on any atom is -0.506 e. The van der Waals surface area contributed by atoms with Gasteiger partial charge < -0.3 is 14.9 Å². The summed E-state index contributed by atoms with van der Waals surface area (Å²) < 4.78 is 5.22. The highest BCUT2D eigenvalue weighted by atomic mass is 32.2. The Balaban J connectivity index is 1.86. The number of phenols is 2. The van der Waals surface area contributed by atoms with Gasteiger partial charge in [0, 0.05) is 20.6 Å². The van der Waals surface area contributed by atoms with Crippen LogP contribution in [0.15, 0.2) is 98.4 Å². The number of hydrogen-bond donors (Lipinski definition) is 2. The van der Waals surface area contributed by atoms with Crippen LogP contribution in [0, 0.1) is 0 Å². The molecule has 0 aromatic heterocycles. The van der Waals surface area contributed by atoms with E-state index in [1.165, 1.54) is 23.5 Å². The molecule has 0 aliphatic carbocycles. The summed E-state index contributed by atoms with van der Waals surface area (Å²) in [5.41, 5.74) is 0. The van der Waals surface area contributed by atoms with Crippen LogP contribution in [0.3, 0.4) is 0 Å². The topological polar surface area (TPSA) is 49.7 Å². The molecule has 28 heavy (non-hydrogen) atoms.